The van der Waals surface area contributed by atoms with Crippen molar-refractivity contribution in [1.82, 2.24) is 10.3 Å². The summed E-state index contributed by atoms with van der Waals surface area (Å²) in [6, 6.07) is 11.0. The van der Waals surface area contributed by atoms with E-state index in [1.807, 2.05) is 6.08 Å². The summed E-state index contributed by atoms with van der Waals surface area (Å²) in [4.78, 5) is 4.88. The van der Waals surface area contributed by atoms with E-state index in [0.717, 1.165) is 37.7 Å². The van der Waals surface area contributed by atoms with Gasteiger partial charge in [-0.05, 0) is 56.8 Å². The summed E-state index contributed by atoms with van der Waals surface area (Å²) in [6.45, 7) is 9.22. The zero-order chi connectivity index (χ0) is 15.1. The Kier molecular flexibility index (Phi) is 5.94. The molecule has 0 saturated heterocycles. The van der Waals surface area contributed by atoms with Crippen LogP contribution < -0.4 is 5.32 Å². The maximum absolute atomic E-state index is 4.88. The lowest BCUT2D eigenvalue weighted by atomic mass is 10.0. The number of hydrogen-bond acceptors (Lipinski definition) is 2. The van der Waals surface area contributed by atoms with Crippen LogP contribution in [-0.4, -0.2) is 11.5 Å². The molecule has 0 bridgehead atoms. The number of unbranched alkanes of at least 4 members (excludes halogenated alkanes) is 1. The van der Waals surface area contributed by atoms with Gasteiger partial charge in [0, 0.05) is 11.4 Å². The normalized spacial score (nSPS) is 12.5. The van der Waals surface area contributed by atoms with Crippen LogP contribution in [-0.2, 0) is 0 Å². The highest BCUT2D eigenvalue weighted by molar-refractivity contribution is 5.82. The second-order valence-electron chi connectivity index (χ2n) is 5.61. The van der Waals surface area contributed by atoms with Gasteiger partial charge >= 0.3 is 0 Å². The van der Waals surface area contributed by atoms with Gasteiger partial charge in [0.15, 0.2) is 0 Å². The zero-order valence-corrected chi connectivity index (χ0v) is 13.2. The summed E-state index contributed by atoms with van der Waals surface area (Å²) in [5.74, 6) is 0. The van der Waals surface area contributed by atoms with Crippen molar-refractivity contribution in [3.8, 4) is 0 Å². The van der Waals surface area contributed by atoms with Gasteiger partial charge in [-0.15, -0.1) is 6.58 Å². The summed E-state index contributed by atoms with van der Waals surface area (Å²) in [7, 11) is 0. The molecule has 21 heavy (non-hydrogen) atoms. The molecule has 1 aromatic heterocycles. The molecule has 0 spiro atoms. The quantitative estimate of drug-likeness (QED) is 0.548. The third-order valence-corrected chi connectivity index (χ3v) is 3.84. The van der Waals surface area contributed by atoms with Gasteiger partial charge in [0.2, 0.25) is 0 Å². The molecule has 1 atom stereocenters. The second-order valence-corrected chi connectivity index (χ2v) is 5.61. The monoisotopic (exact) mass is 282 g/mol. The topological polar surface area (TPSA) is 24.9 Å². The second kappa shape index (κ2) is 7.94. The minimum absolute atomic E-state index is 0.341. The minimum atomic E-state index is 0.341. The van der Waals surface area contributed by atoms with Gasteiger partial charge < -0.3 is 5.32 Å². The third kappa shape index (κ3) is 4.15. The van der Waals surface area contributed by atoms with Crippen LogP contribution in [0.3, 0.4) is 0 Å². The molecular weight excluding hydrogens is 256 g/mol. The molecule has 0 saturated carbocycles. The van der Waals surface area contributed by atoms with Gasteiger partial charge in [-0.3, -0.25) is 4.98 Å². The van der Waals surface area contributed by atoms with Gasteiger partial charge in [-0.25, -0.2) is 0 Å². The average Bonchev–Trinajstić information content (AvgIpc) is 2.50. The van der Waals surface area contributed by atoms with Crippen molar-refractivity contribution in [1.29, 1.82) is 0 Å². The number of aryl methyl sites for hydroxylation is 1. The van der Waals surface area contributed by atoms with Gasteiger partial charge in [0.05, 0.1) is 11.2 Å². The first kappa shape index (κ1) is 15.7. The smallest absolute Gasteiger partial charge is 0.0708 e. The van der Waals surface area contributed by atoms with Crippen LogP contribution in [0.4, 0.5) is 0 Å². The number of hydrogen-bond donors (Lipinski definition) is 1. The summed E-state index contributed by atoms with van der Waals surface area (Å²) >= 11 is 0. The van der Waals surface area contributed by atoms with Gasteiger partial charge in [-0.1, -0.05) is 31.2 Å². The fourth-order valence-electron chi connectivity index (χ4n) is 2.69. The van der Waals surface area contributed by atoms with Crippen LogP contribution in [0, 0.1) is 6.92 Å². The van der Waals surface area contributed by atoms with Crippen molar-refractivity contribution < 1.29 is 0 Å². The Morgan fingerprint density at radius 2 is 2.14 bits per heavy atom. The SMILES string of the molecule is C=CCCCC(NCCC)c1cc(C)c2ccccc2n1. The number of benzene rings is 1. The van der Waals surface area contributed by atoms with E-state index in [4.69, 9.17) is 4.98 Å². The lowest BCUT2D eigenvalue weighted by Crippen LogP contribution is -2.23. The molecule has 112 valence electrons. The molecule has 0 radical (unpaired) electrons. The number of allylic oxidation sites excluding steroid dienone is 1. The van der Waals surface area contributed by atoms with Crippen LogP contribution in [0.25, 0.3) is 10.9 Å². The van der Waals surface area contributed by atoms with Gasteiger partial charge in [-0.2, -0.15) is 0 Å². The molecule has 0 fully saturated rings. The van der Waals surface area contributed by atoms with E-state index in [0.29, 0.717) is 6.04 Å². The Bertz CT molecular complexity index is 589. The fraction of sp³-hybridized carbons (Fsp3) is 0.421. The maximum atomic E-state index is 4.88. The lowest BCUT2D eigenvalue weighted by molar-refractivity contribution is 0.477. The van der Waals surface area contributed by atoms with Crippen molar-refractivity contribution in [2.45, 2.75) is 45.6 Å². The molecule has 1 unspecified atom stereocenters. The van der Waals surface area contributed by atoms with Gasteiger partial charge in [0.25, 0.3) is 0 Å². The molecule has 0 aliphatic carbocycles. The van der Waals surface area contributed by atoms with Crippen LogP contribution in [0.2, 0.25) is 0 Å². The van der Waals surface area contributed by atoms with E-state index >= 15 is 0 Å². The maximum Gasteiger partial charge on any atom is 0.0708 e. The van der Waals surface area contributed by atoms with Crippen LogP contribution in [0.1, 0.15) is 49.9 Å². The summed E-state index contributed by atoms with van der Waals surface area (Å²) < 4.78 is 0. The first-order valence-corrected chi connectivity index (χ1v) is 7.96. The Labute approximate surface area is 128 Å². The predicted octanol–water partition coefficient (Wildman–Crippen LogP) is 4.94. The number of fused-ring (bicyclic) bond motifs is 1. The van der Waals surface area contributed by atoms with Crippen molar-refractivity contribution in [3.63, 3.8) is 0 Å². The molecule has 1 heterocycles. The van der Waals surface area contributed by atoms with Crippen LogP contribution in [0.5, 0.6) is 0 Å². The molecular formula is C19H26N2. The lowest BCUT2D eigenvalue weighted by Gasteiger charge is -2.19. The van der Waals surface area contributed by atoms with E-state index in [1.54, 1.807) is 0 Å². The zero-order valence-electron chi connectivity index (χ0n) is 13.2. The number of para-hydroxylation sites is 1. The molecule has 1 N–H and O–H groups in total. The molecule has 2 rings (SSSR count). The first-order chi connectivity index (χ1) is 10.3. The van der Waals surface area contributed by atoms with Gasteiger partial charge in [0.1, 0.15) is 0 Å². The summed E-state index contributed by atoms with van der Waals surface area (Å²) in [5, 5.41) is 4.89. The Morgan fingerprint density at radius 3 is 2.90 bits per heavy atom. The largest absolute Gasteiger partial charge is 0.309 e. The number of pyridine rings is 1. The average molecular weight is 282 g/mol. The summed E-state index contributed by atoms with van der Waals surface area (Å²) in [6.07, 6.45) is 6.46. The third-order valence-electron chi connectivity index (χ3n) is 3.84. The highest BCUT2D eigenvalue weighted by Crippen LogP contribution is 2.24. The summed E-state index contributed by atoms with van der Waals surface area (Å²) in [5.41, 5.74) is 3.57. The van der Waals surface area contributed by atoms with Crippen molar-refractivity contribution in [2.24, 2.45) is 0 Å². The fourth-order valence-corrected chi connectivity index (χ4v) is 2.69. The number of aromatic nitrogens is 1. The van der Waals surface area contributed by atoms with Crippen molar-refractivity contribution in [3.05, 3.63) is 54.2 Å². The minimum Gasteiger partial charge on any atom is -0.309 e. The highest BCUT2D eigenvalue weighted by Gasteiger charge is 2.13. The van der Waals surface area contributed by atoms with E-state index in [1.165, 1.54) is 16.6 Å². The van der Waals surface area contributed by atoms with Crippen molar-refractivity contribution >= 4 is 10.9 Å². The standard InChI is InChI=1S/C19H26N2/c1-4-6-7-12-18(20-13-5-2)19-14-15(3)16-10-8-9-11-17(16)21-19/h4,8-11,14,18,20H,1,5-7,12-13H2,2-3H3. The molecule has 0 amide bonds. The van der Waals surface area contributed by atoms with E-state index in [9.17, 15) is 0 Å². The van der Waals surface area contributed by atoms with Crippen LogP contribution in [0.15, 0.2) is 43.0 Å². The molecule has 0 aliphatic heterocycles. The van der Waals surface area contributed by atoms with E-state index in [-0.39, 0.29) is 0 Å². The number of nitrogens with zero attached hydrogens (tertiary/aromatic N) is 1. The molecule has 0 aliphatic rings. The number of rotatable bonds is 8. The molecule has 1 aromatic carbocycles. The Morgan fingerprint density at radius 1 is 1.33 bits per heavy atom. The van der Waals surface area contributed by atoms with E-state index in [2.05, 4.69) is 56.1 Å². The highest BCUT2D eigenvalue weighted by atomic mass is 14.9. The van der Waals surface area contributed by atoms with E-state index < -0.39 is 0 Å². The first-order valence-electron chi connectivity index (χ1n) is 7.96. The predicted molar refractivity (Wildman–Crippen MR) is 91.6 cm³/mol. The Hall–Kier alpha value is -1.67. The molecule has 2 nitrogen and oxygen atoms in total. The van der Waals surface area contributed by atoms with Crippen molar-refractivity contribution in [2.75, 3.05) is 6.54 Å². The molecule has 2 heteroatoms. The van der Waals surface area contributed by atoms with Crippen LogP contribution >= 0.6 is 0 Å². The Balaban J connectivity index is 2.27. The molecule has 2 aromatic rings. The number of nitrogens with one attached hydrogen (secondary N) is 1.